The molecule has 1 aromatic heterocycles. The van der Waals surface area contributed by atoms with Crippen LogP contribution in [0.2, 0.25) is 0 Å². The Kier molecular flexibility index (Phi) is 7.71. The second-order valence-corrected chi connectivity index (χ2v) is 8.44. The first kappa shape index (κ1) is 26.7. The van der Waals surface area contributed by atoms with E-state index in [2.05, 4.69) is 10.4 Å². The molecule has 36 heavy (non-hydrogen) atoms. The van der Waals surface area contributed by atoms with Crippen molar-refractivity contribution in [3.63, 3.8) is 0 Å². The largest absolute Gasteiger partial charge is 0.484 e. The van der Waals surface area contributed by atoms with Gasteiger partial charge in [0.2, 0.25) is 0 Å². The summed E-state index contributed by atoms with van der Waals surface area (Å²) in [6.45, 7) is 3.73. The molecule has 0 saturated carbocycles. The Labute approximate surface area is 206 Å². The van der Waals surface area contributed by atoms with Gasteiger partial charge >= 0.3 is 5.92 Å². The van der Waals surface area contributed by atoms with Crippen LogP contribution in [0.3, 0.4) is 0 Å². The Balaban J connectivity index is 0.00000361. The van der Waals surface area contributed by atoms with Gasteiger partial charge in [-0.05, 0) is 79.6 Å². The third-order valence-electron chi connectivity index (χ3n) is 5.62. The maximum absolute atomic E-state index is 13.7. The van der Waals surface area contributed by atoms with E-state index in [0.717, 1.165) is 10.9 Å². The summed E-state index contributed by atoms with van der Waals surface area (Å²) < 4.78 is 61.8. The van der Waals surface area contributed by atoms with E-state index in [-0.39, 0.29) is 13.2 Å². The summed E-state index contributed by atoms with van der Waals surface area (Å²) in [5, 5.41) is 7.37. The minimum atomic E-state index is -3.56. The number of rotatable bonds is 7. The van der Waals surface area contributed by atoms with Crippen LogP contribution < -0.4 is 10.1 Å². The van der Waals surface area contributed by atoms with Crippen LogP contribution in [0.15, 0.2) is 66.9 Å². The molecule has 0 radical (unpaired) electrons. The Bertz CT molecular complexity index is 1360. The molecule has 3 aromatic carbocycles. The highest BCUT2D eigenvalue weighted by Gasteiger charge is 2.35. The van der Waals surface area contributed by atoms with Gasteiger partial charge in [0.05, 0.1) is 23.4 Å². The number of aryl methyl sites for hydroxylation is 1. The highest BCUT2D eigenvalue weighted by molar-refractivity contribution is 5.83. The number of benzene rings is 3. The number of ether oxygens (including phenoxy) is 1. The maximum atomic E-state index is 13.7. The molecule has 0 fully saturated rings. The maximum Gasteiger partial charge on any atom is 0.321 e. The predicted octanol–water partition coefficient (Wildman–Crippen LogP) is 6.53. The lowest BCUT2D eigenvalue weighted by Gasteiger charge is -2.28. The number of nitrogens with one attached hydrogen (secondary N) is 1. The second kappa shape index (κ2) is 10.4. The van der Waals surface area contributed by atoms with Crippen molar-refractivity contribution in [2.75, 3.05) is 0 Å². The zero-order valence-corrected chi connectivity index (χ0v) is 19.2. The smallest absolute Gasteiger partial charge is 0.321 e. The van der Waals surface area contributed by atoms with Crippen LogP contribution in [0.25, 0.3) is 16.6 Å². The van der Waals surface area contributed by atoms with Gasteiger partial charge in [-0.3, -0.25) is 4.79 Å². The van der Waals surface area contributed by atoms with Crippen LogP contribution in [0, 0.1) is 18.6 Å². The fourth-order valence-corrected chi connectivity index (χ4v) is 3.82. The SMILES string of the molecule is C.Cc1cc(F)ccc1[C@@H](Oc1ccc2c(cnn2-c2ccc(F)cc2)c1)[C@H](C)NC(=O)C(C)(F)F. The molecular formula is C27H27F4N3O2. The zero-order valence-electron chi connectivity index (χ0n) is 19.2. The number of aromatic nitrogens is 2. The number of amides is 1. The summed E-state index contributed by atoms with van der Waals surface area (Å²) in [7, 11) is 0. The number of hydrogen-bond acceptors (Lipinski definition) is 3. The van der Waals surface area contributed by atoms with Crippen molar-refractivity contribution < 1.29 is 27.1 Å². The highest BCUT2D eigenvalue weighted by atomic mass is 19.3. The van der Waals surface area contributed by atoms with E-state index in [1.807, 2.05) is 0 Å². The molecule has 1 N–H and O–H groups in total. The molecule has 0 spiro atoms. The van der Waals surface area contributed by atoms with Gasteiger partial charge in [0.1, 0.15) is 23.5 Å². The Morgan fingerprint density at radius 1 is 1.03 bits per heavy atom. The first-order chi connectivity index (χ1) is 16.5. The van der Waals surface area contributed by atoms with E-state index in [1.165, 1.54) is 30.3 Å². The van der Waals surface area contributed by atoms with Crippen LogP contribution in [-0.2, 0) is 4.79 Å². The number of hydrogen-bond donors (Lipinski definition) is 1. The molecule has 0 aliphatic carbocycles. The first-order valence-corrected chi connectivity index (χ1v) is 10.9. The van der Waals surface area contributed by atoms with Gasteiger partial charge in [-0.15, -0.1) is 0 Å². The summed E-state index contributed by atoms with van der Waals surface area (Å²) in [5.74, 6) is -5.41. The fraction of sp³-hybridized carbons (Fsp3) is 0.259. The molecule has 1 amide bonds. The van der Waals surface area contributed by atoms with Gasteiger partial charge in [-0.2, -0.15) is 13.9 Å². The molecule has 1 heterocycles. The molecule has 0 aliphatic heterocycles. The third-order valence-corrected chi connectivity index (χ3v) is 5.62. The van der Waals surface area contributed by atoms with Crippen molar-refractivity contribution >= 4 is 16.8 Å². The van der Waals surface area contributed by atoms with Gasteiger partial charge in [0, 0.05) is 12.3 Å². The second-order valence-electron chi connectivity index (χ2n) is 8.44. The van der Waals surface area contributed by atoms with Crippen molar-refractivity contribution in [2.24, 2.45) is 0 Å². The lowest BCUT2D eigenvalue weighted by Crippen LogP contribution is -2.46. The minimum absolute atomic E-state index is 0. The van der Waals surface area contributed by atoms with E-state index >= 15 is 0 Å². The van der Waals surface area contributed by atoms with E-state index in [0.29, 0.717) is 29.5 Å². The Hall–Kier alpha value is -3.88. The summed E-state index contributed by atoms with van der Waals surface area (Å²) in [5.41, 5.74) is 2.50. The number of carbonyl (C=O) groups excluding carboxylic acids is 1. The van der Waals surface area contributed by atoms with Crippen LogP contribution in [0.5, 0.6) is 5.75 Å². The van der Waals surface area contributed by atoms with Crippen LogP contribution in [0.4, 0.5) is 17.6 Å². The molecule has 5 nitrogen and oxygen atoms in total. The molecule has 190 valence electrons. The number of alkyl halides is 2. The van der Waals surface area contributed by atoms with Gasteiger partial charge in [-0.25, -0.2) is 13.5 Å². The number of carbonyl (C=O) groups is 1. The van der Waals surface area contributed by atoms with Crippen molar-refractivity contribution in [3.8, 4) is 11.4 Å². The standard InChI is InChI=1S/C26H23F4N3O2.CH4/c1-15-12-19(28)6-10-22(15)24(16(2)32-25(34)26(3,29)30)35-21-9-11-23-17(13-21)14-31-33(23)20-7-4-18(27)5-8-20;/h4-14,16,24H,1-3H3,(H,32,34);1H4/t16-,24-;/m0./s1. The Morgan fingerprint density at radius 3 is 2.33 bits per heavy atom. The number of halogens is 4. The van der Waals surface area contributed by atoms with Crippen molar-refractivity contribution in [2.45, 2.75) is 46.3 Å². The molecule has 2 atom stereocenters. The molecule has 0 saturated heterocycles. The fourth-order valence-electron chi connectivity index (χ4n) is 3.82. The highest BCUT2D eigenvalue weighted by Crippen LogP contribution is 2.31. The average molecular weight is 502 g/mol. The molecule has 9 heteroatoms. The van der Waals surface area contributed by atoms with Gasteiger partial charge < -0.3 is 10.1 Å². The van der Waals surface area contributed by atoms with E-state index in [4.69, 9.17) is 4.74 Å². The first-order valence-electron chi connectivity index (χ1n) is 10.9. The van der Waals surface area contributed by atoms with Crippen LogP contribution in [0.1, 0.15) is 38.5 Å². The van der Waals surface area contributed by atoms with Crippen molar-refractivity contribution in [1.29, 1.82) is 0 Å². The number of nitrogens with zero attached hydrogens (tertiary/aromatic N) is 2. The van der Waals surface area contributed by atoms with E-state index in [9.17, 15) is 22.4 Å². The summed E-state index contributed by atoms with van der Waals surface area (Å²) in [6, 6.07) is 14.2. The zero-order chi connectivity index (χ0) is 25.3. The van der Waals surface area contributed by atoms with Crippen molar-refractivity contribution in [1.82, 2.24) is 15.1 Å². The van der Waals surface area contributed by atoms with Gasteiger partial charge in [0.25, 0.3) is 5.91 Å². The quantitative estimate of drug-likeness (QED) is 0.293. The predicted molar refractivity (Wildman–Crippen MR) is 130 cm³/mol. The monoisotopic (exact) mass is 501 g/mol. The summed E-state index contributed by atoms with van der Waals surface area (Å²) in [6.07, 6.45) is 0.735. The summed E-state index contributed by atoms with van der Waals surface area (Å²) >= 11 is 0. The normalized spacial score (nSPS) is 13.1. The van der Waals surface area contributed by atoms with Crippen LogP contribution in [-0.4, -0.2) is 27.7 Å². The molecule has 0 bridgehead atoms. The van der Waals surface area contributed by atoms with Crippen LogP contribution >= 0.6 is 0 Å². The molecular weight excluding hydrogens is 474 g/mol. The minimum Gasteiger partial charge on any atom is -0.484 e. The lowest BCUT2D eigenvalue weighted by atomic mass is 9.98. The van der Waals surface area contributed by atoms with E-state index in [1.54, 1.807) is 55.1 Å². The number of fused-ring (bicyclic) bond motifs is 1. The molecule has 4 rings (SSSR count). The van der Waals surface area contributed by atoms with Gasteiger partial charge in [0.15, 0.2) is 0 Å². The Morgan fingerprint density at radius 2 is 1.69 bits per heavy atom. The average Bonchev–Trinajstić information content (AvgIpc) is 3.21. The molecule has 0 unspecified atom stereocenters. The molecule has 0 aliphatic rings. The van der Waals surface area contributed by atoms with E-state index < -0.39 is 29.8 Å². The van der Waals surface area contributed by atoms with Crippen molar-refractivity contribution in [3.05, 3.63) is 89.6 Å². The molecule has 4 aromatic rings. The van der Waals surface area contributed by atoms with Gasteiger partial charge in [-0.1, -0.05) is 13.5 Å². The lowest BCUT2D eigenvalue weighted by molar-refractivity contribution is -0.144. The summed E-state index contributed by atoms with van der Waals surface area (Å²) in [4.78, 5) is 11.9. The third kappa shape index (κ3) is 5.67. The topological polar surface area (TPSA) is 56.1 Å².